The highest BCUT2D eigenvalue weighted by Gasteiger charge is 2.30. The van der Waals surface area contributed by atoms with Crippen LogP contribution in [-0.2, 0) is 65.4 Å². The largest absolute Gasteiger partial charge is 0.472 e. The fourth-order valence-corrected chi connectivity index (χ4v) is 12.7. The summed E-state index contributed by atoms with van der Waals surface area (Å²) < 4.78 is 68.4. The summed E-state index contributed by atoms with van der Waals surface area (Å²) in [5, 5.41) is 10.6. The minimum Gasteiger partial charge on any atom is -0.462 e. The van der Waals surface area contributed by atoms with Gasteiger partial charge in [-0.2, -0.15) is 0 Å². The number of phosphoric acid groups is 2. The Hall–Kier alpha value is -1.94. The Morgan fingerprint density at radius 1 is 0.301 bits per heavy atom. The normalized spacial score (nSPS) is 14.8. The molecule has 7 atom stereocenters. The molecule has 0 aliphatic heterocycles. The Labute approximate surface area is 568 Å². The van der Waals surface area contributed by atoms with E-state index in [1.54, 1.807) is 0 Å². The van der Waals surface area contributed by atoms with Crippen molar-refractivity contribution in [3.63, 3.8) is 0 Å². The molecule has 0 aromatic carbocycles. The lowest BCUT2D eigenvalue weighted by Gasteiger charge is -2.21. The number of phosphoric ester groups is 2. The van der Waals surface area contributed by atoms with Crippen molar-refractivity contribution in [1.82, 2.24) is 0 Å². The molecule has 0 fully saturated rings. The molecule has 4 unspecified atom stereocenters. The van der Waals surface area contributed by atoms with Crippen LogP contribution in [0.25, 0.3) is 0 Å². The number of ether oxygens (including phenoxy) is 4. The molecule has 0 spiro atoms. The maximum absolute atomic E-state index is 13.1. The van der Waals surface area contributed by atoms with Crippen molar-refractivity contribution in [2.24, 2.45) is 23.7 Å². The van der Waals surface area contributed by atoms with E-state index in [9.17, 15) is 43.2 Å². The van der Waals surface area contributed by atoms with E-state index >= 15 is 0 Å². The number of unbranched alkanes of at least 4 members (excludes halogenated alkanes) is 35. The van der Waals surface area contributed by atoms with Crippen LogP contribution in [0.4, 0.5) is 0 Å². The molecule has 19 heteroatoms. The first kappa shape index (κ1) is 91.1. The van der Waals surface area contributed by atoms with Gasteiger partial charge in [0.15, 0.2) is 12.2 Å². The van der Waals surface area contributed by atoms with Crippen molar-refractivity contribution >= 4 is 39.5 Å². The molecule has 0 radical (unpaired) electrons. The van der Waals surface area contributed by atoms with Gasteiger partial charge < -0.3 is 33.8 Å². The standard InChI is InChI=1S/C74H144O17P2/c1-9-66(7)52-44-36-30-32-39-47-55-72(77)85-61-70(91-74(79)57-49-41-33-31-37-45-53-67(8)10-2)63-89-93(82,83)87-59-68(75)58-86-92(80,81)88-62-69(90-73(78)56-48-40-29-25-21-17-19-23-27-35-43-51-65(5)6)60-84-71(76)54-46-38-28-24-20-16-14-12-11-13-15-18-22-26-34-42-50-64(3)4/h64-70,75H,9-63H2,1-8H3,(H,80,81)(H,82,83)/t66?,67?,68-,69-,70-/m1/s1. The van der Waals surface area contributed by atoms with Crippen LogP contribution >= 0.6 is 15.6 Å². The van der Waals surface area contributed by atoms with Crippen LogP contribution in [0.3, 0.4) is 0 Å². The van der Waals surface area contributed by atoms with Crippen LogP contribution in [-0.4, -0.2) is 96.7 Å². The molecule has 552 valence electrons. The molecule has 0 aliphatic carbocycles. The van der Waals surface area contributed by atoms with Crippen molar-refractivity contribution in [3.05, 3.63) is 0 Å². The molecule has 0 amide bonds. The molecule has 0 aromatic heterocycles. The SMILES string of the molecule is CCC(C)CCCCCCCCC(=O)OC[C@H](COP(=O)(O)OC[C@H](O)COP(=O)(O)OC[C@@H](COC(=O)CCCCCCCCCCCCCCCCCCC(C)C)OC(=O)CCCCCCCCCCCCCC(C)C)OC(=O)CCCCCCCCC(C)CC. The third kappa shape index (κ3) is 65.8. The van der Waals surface area contributed by atoms with Crippen LogP contribution in [0.15, 0.2) is 0 Å². The van der Waals surface area contributed by atoms with Gasteiger partial charge in [0, 0.05) is 25.7 Å². The van der Waals surface area contributed by atoms with Crippen LogP contribution in [0.1, 0.15) is 370 Å². The molecule has 93 heavy (non-hydrogen) atoms. The van der Waals surface area contributed by atoms with Gasteiger partial charge in [-0.15, -0.1) is 0 Å². The summed E-state index contributed by atoms with van der Waals surface area (Å²) >= 11 is 0. The summed E-state index contributed by atoms with van der Waals surface area (Å²) in [6, 6.07) is 0. The molecule has 0 bridgehead atoms. The molecular weight excluding hydrogens is 1220 g/mol. The summed E-state index contributed by atoms with van der Waals surface area (Å²) in [5.41, 5.74) is 0. The Morgan fingerprint density at radius 3 is 0.763 bits per heavy atom. The zero-order chi connectivity index (χ0) is 68.9. The van der Waals surface area contributed by atoms with Gasteiger partial charge in [0.2, 0.25) is 0 Å². The molecule has 0 saturated carbocycles. The van der Waals surface area contributed by atoms with Gasteiger partial charge in [-0.05, 0) is 49.4 Å². The minimum atomic E-state index is -4.96. The van der Waals surface area contributed by atoms with E-state index in [2.05, 4.69) is 55.4 Å². The number of rotatable bonds is 71. The predicted molar refractivity (Wildman–Crippen MR) is 377 cm³/mol. The number of carbonyl (C=O) groups is 4. The van der Waals surface area contributed by atoms with E-state index < -0.39 is 97.5 Å². The molecule has 0 heterocycles. The van der Waals surface area contributed by atoms with Gasteiger partial charge >= 0.3 is 39.5 Å². The number of hydrogen-bond acceptors (Lipinski definition) is 15. The maximum atomic E-state index is 13.1. The molecule has 0 aromatic rings. The zero-order valence-corrected chi connectivity index (χ0v) is 62.7. The summed E-state index contributed by atoms with van der Waals surface area (Å²) in [6.45, 7) is 14.1. The van der Waals surface area contributed by atoms with Crippen molar-refractivity contribution in [2.75, 3.05) is 39.6 Å². The van der Waals surface area contributed by atoms with Crippen LogP contribution in [0, 0.1) is 23.7 Å². The summed E-state index contributed by atoms with van der Waals surface area (Å²) in [7, 11) is -9.91. The Bertz CT molecular complexity index is 1840. The van der Waals surface area contributed by atoms with Gasteiger partial charge in [-0.1, -0.05) is 319 Å². The van der Waals surface area contributed by atoms with Crippen molar-refractivity contribution in [2.45, 2.75) is 388 Å². The van der Waals surface area contributed by atoms with E-state index in [-0.39, 0.29) is 25.7 Å². The molecule has 0 aliphatic rings. The first-order valence-electron chi connectivity index (χ1n) is 38.3. The van der Waals surface area contributed by atoms with Gasteiger partial charge in [0.1, 0.15) is 19.3 Å². The first-order chi connectivity index (χ1) is 44.7. The lowest BCUT2D eigenvalue weighted by Crippen LogP contribution is -2.30. The van der Waals surface area contributed by atoms with Gasteiger partial charge in [-0.25, -0.2) is 9.13 Å². The zero-order valence-electron chi connectivity index (χ0n) is 60.9. The molecule has 3 N–H and O–H groups in total. The number of hydrogen-bond donors (Lipinski definition) is 3. The van der Waals surface area contributed by atoms with Gasteiger partial charge in [-0.3, -0.25) is 37.3 Å². The summed E-state index contributed by atoms with van der Waals surface area (Å²) in [4.78, 5) is 72.7. The highest BCUT2D eigenvalue weighted by molar-refractivity contribution is 7.47. The smallest absolute Gasteiger partial charge is 0.462 e. The first-order valence-corrected chi connectivity index (χ1v) is 41.3. The quantitative estimate of drug-likeness (QED) is 0.0222. The van der Waals surface area contributed by atoms with Crippen molar-refractivity contribution in [3.8, 4) is 0 Å². The topological polar surface area (TPSA) is 237 Å². The second-order valence-corrected chi connectivity index (χ2v) is 31.0. The van der Waals surface area contributed by atoms with E-state index in [1.807, 2.05) is 0 Å². The summed E-state index contributed by atoms with van der Waals surface area (Å²) in [5.74, 6) is 0.901. The predicted octanol–water partition coefficient (Wildman–Crippen LogP) is 21.3. The second kappa shape index (κ2) is 63.5. The van der Waals surface area contributed by atoms with E-state index in [0.717, 1.165) is 120 Å². The third-order valence-electron chi connectivity index (χ3n) is 17.8. The fraction of sp³-hybridized carbons (Fsp3) is 0.946. The summed E-state index contributed by atoms with van der Waals surface area (Å²) in [6.07, 6.45) is 47.3. The number of esters is 4. The number of carbonyl (C=O) groups excluding carboxylic acids is 4. The van der Waals surface area contributed by atoms with Crippen molar-refractivity contribution < 1.29 is 80.2 Å². The van der Waals surface area contributed by atoms with E-state index in [4.69, 9.17) is 37.0 Å². The van der Waals surface area contributed by atoms with Crippen LogP contribution in [0.5, 0.6) is 0 Å². The average molecular weight is 1370 g/mol. The molecule has 17 nitrogen and oxygen atoms in total. The lowest BCUT2D eigenvalue weighted by atomic mass is 10.00. The Kier molecular flexibility index (Phi) is 62.2. The van der Waals surface area contributed by atoms with Gasteiger partial charge in [0.05, 0.1) is 26.4 Å². The average Bonchev–Trinajstić information content (AvgIpc) is 1.58. The van der Waals surface area contributed by atoms with E-state index in [0.29, 0.717) is 25.7 Å². The molecule has 0 saturated heterocycles. The number of aliphatic hydroxyl groups excluding tert-OH is 1. The second-order valence-electron chi connectivity index (χ2n) is 28.1. The van der Waals surface area contributed by atoms with Crippen LogP contribution in [0.2, 0.25) is 0 Å². The Morgan fingerprint density at radius 2 is 0.516 bits per heavy atom. The Balaban J connectivity index is 5.21. The monoisotopic (exact) mass is 1370 g/mol. The van der Waals surface area contributed by atoms with Crippen molar-refractivity contribution in [1.29, 1.82) is 0 Å². The van der Waals surface area contributed by atoms with Crippen LogP contribution < -0.4 is 0 Å². The molecular formula is C74H144O17P2. The molecule has 0 rings (SSSR count). The van der Waals surface area contributed by atoms with E-state index in [1.165, 1.54) is 167 Å². The highest BCUT2D eigenvalue weighted by Crippen LogP contribution is 2.45. The maximum Gasteiger partial charge on any atom is 0.472 e. The third-order valence-corrected chi connectivity index (χ3v) is 19.7. The van der Waals surface area contributed by atoms with Gasteiger partial charge in [0.25, 0.3) is 0 Å². The highest BCUT2D eigenvalue weighted by atomic mass is 31.2. The number of aliphatic hydroxyl groups is 1. The fourth-order valence-electron chi connectivity index (χ4n) is 11.1. The lowest BCUT2D eigenvalue weighted by molar-refractivity contribution is -0.161. The minimum absolute atomic E-state index is 0.102.